The first-order valence-corrected chi connectivity index (χ1v) is 8.06. The molecule has 1 aliphatic rings. The van der Waals surface area contributed by atoms with E-state index in [1.54, 1.807) is 0 Å². The lowest BCUT2D eigenvalue weighted by molar-refractivity contribution is 0.0136. The molecule has 2 unspecified atom stereocenters. The van der Waals surface area contributed by atoms with Crippen LogP contribution in [-0.2, 0) is 11.2 Å². The van der Waals surface area contributed by atoms with E-state index < -0.39 is 11.7 Å². The third-order valence-corrected chi connectivity index (χ3v) is 4.57. The number of carbonyl (C=O) groups excluding carboxylic acids is 1. The van der Waals surface area contributed by atoms with E-state index in [0.29, 0.717) is 12.0 Å². The fourth-order valence-corrected chi connectivity index (χ4v) is 3.64. The van der Waals surface area contributed by atoms with E-state index in [1.807, 2.05) is 13.8 Å². The molecular formula is C17H28N2O2. The minimum Gasteiger partial charge on any atom is -0.444 e. The zero-order valence-corrected chi connectivity index (χ0v) is 13.5. The fraction of sp³-hybridized carbons (Fsp3) is 0.706. The Balaban J connectivity index is 2.10. The zero-order valence-electron chi connectivity index (χ0n) is 13.5. The summed E-state index contributed by atoms with van der Waals surface area (Å²) >= 11 is 0. The summed E-state index contributed by atoms with van der Waals surface area (Å²) in [5.41, 5.74) is 6.07. The molecule has 1 aromatic rings. The van der Waals surface area contributed by atoms with Crippen molar-refractivity contribution in [3.8, 4) is 0 Å². The minimum absolute atomic E-state index is 0.493. The summed E-state index contributed by atoms with van der Waals surface area (Å²) in [6, 6.07) is 2.71. The van der Waals surface area contributed by atoms with Crippen LogP contribution in [0.1, 0.15) is 64.5 Å². The van der Waals surface area contributed by atoms with Gasteiger partial charge in [-0.15, -0.1) is 0 Å². The van der Waals surface area contributed by atoms with E-state index >= 15 is 0 Å². The molecule has 1 aromatic heterocycles. The molecule has 2 rings (SSSR count). The average molecular weight is 292 g/mol. The summed E-state index contributed by atoms with van der Waals surface area (Å²) in [4.78, 5) is 11.0. The van der Waals surface area contributed by atoms with Crippen LogP contribution in [0.5, 0.6) is 0 Å². The lowest BCUT2D eigenvalue weighted by atomic mass is 9.78. The predicted molar refractivity (Wildman–Crippen MR) is 84.2 cm³/mol. The van der Waals surface area contributed by atoms with Gasteiger partial charge in [-0.2, -0.15) is 0 Å². The second-order valence-electron chi connectivity index (χ2n) is 6.82. The highest BCUT2D eigenvalue weighted by Gasteiger charge is 2.33. The Morgan fingerprint density at radius 1 is 1.43 bits per heavy atom. The van der Waals surface area contributed by atoms with Crippen molar-refractivity contribution >= 4 is 6.09 Å². The van der Waals surface area contributed by atoms with Crippen LogP contribution in [0.15, 0.2) is 18.5 Å². The van der Waals surface area contributed by atoms with Crippen LogP contribution in [0, 0.1) is 5.92 Å². The molecule has 1 aliphatic carbocycles. The normalized spacial score (nSPS) is 23.0. The minimum atomic E-state index is -0.679. The predicted octanol–water partition coefficient (Wildman–Crippen LogP) is 4.05. The highest BCUT2D eigenvalue weighted by Crippen LogP contribution is 2.39. The first kappa shape index (κ1) is 15.9. The molecule has 2 atom stereocenters. The molecule has 1 heterocycles. The van der Waals surface area contributed by atoms with Crippen molar-refractivity contribution < 1.29 is 9.53 Å². The summed E-state index contributed by atoms with van der Waals surface area (Å²) in [5.74, 6) is 0.533. The lowest BCUT2D eigenvalue weighted by Crippen LogP contribution is -2.36. The second kappa shape index (κ2) is 6.54. The molecule has 0 aliphatic heterocycles. The third-order valence-electron chi connectivity index (χ3n) is 4.57. The zero-order chi connectivity index (χ0) is 15.5. The Hall–Kier alpha value is -1.45. The molecule has 0 saturated heterocycles. The molecule has 21 heavy (non-hydrogen) atoms. The quantitative estimate of drug-likeness (QED) is 0.890. The van der Waals surface area contributed by atoms with E-state index in [0.717, 1.165) is 12.8 Å². The monoisotopic (exact) mass is 292 g/mol. The molecular weight excluding hydrogens is 264 g/mol. The number of aromatic nitrogens is 1. The van der Waals surface area contributed by atoms with Crippen molar-refractivity contribution in [2.75, 3.05) is 0 Å². The van der Waals surface area contributed by atoms with E-state index in [4.69, 9.17) is 10.5 Å². The van der Waals surface area contributed by atoms with Gasteiger partial charge in [-0.25, -0.2) is 4.79 Å². The SMILES string of the molecule is CCc1ccn(C2CCCCC2CC(C)(C)OC(N)=O)c1. The lowest BCUT2D eigenvalue weighted by Gasteiger charge is -2.37. The molecule has 1 fully saturated rings. The summed E-state index contributed by atoms with van der Waals surface area (Å²) in [6.45, 7) is 6.09. The number of rotatable bonds is 5. The maximum atomic E-state index is 11.0. The van der Waals surface area contributed by atoms with E-state index in [-0.39, 0.29) is 0 Å². The first-order chi connectivity index (χ1) is 9.91. The maximum absolute atomic E-state index is 11.0. The van der Waals surface area contributed by atoms with E-state index in [2.05, 4.69) is 30.0 Å². The van der Waals surface area contributed by atoms with Crippen molar-refractivity contribution in [3.05, 3.63) is 24.0 Å². The molecule has 1 saturated carbocycles. The van der Waals surface area contributed by atoms with Gasteiger partial charge in [-0.1, -0.05) is 19.8 Å². The number of nitrogens with zero attached hydrogens (tertiary/aromatic N) is 1. The summed E-state index contributed by atoms with van der Waals surface area (Å²) in [7, 11) is 0. The molecule has 0 spiro atoms. The van der Waals surface area contributed by atoms with E-state index in [9.17, 15) is 4.79 Å². The van der Waals surface area contributed by atoms with Gasteiger partial charge >= 0.3 is 6.09 Å². The molecule has 0 bridgehead atoms. The fourth-order valence-electron chi connectivity index (χ4n) is 3.64. The second-order valence-corrected chi connectivity index (χ2v) is 6.82. The topological polar surface area (TPSA) is 57.2 Å². The van der Waals surface area contributed by atoms with Crippen LogP contribution >= 0.6 is 0 Å². The molecule has 0 aromatic carbocycles. The Morgan fingerprint density at radius 3 is 2.76 bits per heavy atom. The number of ether oxygens (including phenoxy) is 1. The van der Waals surface area contributed by atoms with Gasteiger partial charge in [0, 0.05) is 18.4 Å². The molecule has 1 amide bonds. The number of hydrogen-bond donors (Lipinski definition) is 1. The highest BCUT2D eigenvalue weighted by molar-refractivity contribution is 5.65. The van der Waals surface area contributed by atoms with Gasteiger partial charge in [0.15, 0.2) is 0 Å². The van der Waals surface area contributed by atoms with Crippen LogP contribution in [0.3, 0.4) is 0 Å². The smallest absolute Gasteiger partial charge is 0.405 e. The van der Waals surface area contributed by atoms with Gasteiger partial charge in [0.2, 0.25) is 0 Å². The number of primary amides is 1. The molecule has 4 nitrogen and oxygen atoms in total. The number of carbonyl (C=O) groups is 1. The van der Waals surface area contributed by atoms with Crippen molar-refractivity contribution in [1.29, 1.82) is 0 Å². The van der Waals surface area contributed by atoms with Crippen molar-refractivity contribution in [2.45, 2.75) is 70.9 Å². The van der Waals surface area contributed by atoms with Crippen molar-refractivity contribution in [1.82, 2.24) is 4.57 Å². The number of aryl methyl sites for hydroxylation is 1. The summed E-state index contributed by atoms with van der Waals surface area (Å²) < 4.78 is 7.64. The molecule has 118 valence electrons. The summed E-state index contributed by atoms with van der Waals surface area (Å²) in [6.07, 6.45) is 10.6. The Morgan fingerprint density at radius 2 is 2.14 bits per heavy atom. The van der Waals surface area contributed by atoms with Gasteiger partial charge in [0.25, 0.3) is 0 Å². The van der Waals surface area contributed by atoms with Crippen molar-refractivity contribution in [2.24, 2.45) is 11.7 Å². The van der Waals surface area contributed by atoms with Gasteiger partial charge in [0.1, 0.15) is 5.60 Å². The Kier molecular flexibility index (Phi) is 4.96. The molecule has 4 heteroatoms. The molecule has 2 N–H and O–H groups in total. The van der Waals surface area contributed by atoms with Gasteiger partial charge < -0.3 is 15.0 Å². The number of amides is 1. The van der Waals surface area contributed by atoms with Gasteiger partial charge in [0.05, 0.1) is 0 Å². The van der Waals surface area contributed by atoms with Crippen LogP contribution in [-0.4, -0.2) is 16.3 Å². The van der Waals surface area contributed by atoms with Gasteiger partial charge in [-0.05, 0) is 57.1 Å². The van der Waals surface area contributed by atoms with Crippen LogP contribution < -0.4 is 5.73 Å². The van der Waals surface area contributed by atoms with Crippen LogP contribution in [0.25, 0.3) is 0 Å². The highest BCUT2D eigenvalue weighted by atomic mass is 16.6. The Bertz CT molecular complexity index is 479. The largest absolute Gasteiger partial charge is 0.444 e. The van der Waals surface area contributed by atoms with Crippen LogP contribution in [0.4, 0.5) is 4.79 Å². The number of hydrogen-bond acceptors (Lipinski definition) is 2. The van der Waals surface area contributed by atoms with Crippen LogP contribution in [0.2, 0.25) is 0 Å². The van der Waals surface area contributed by atoms with Crippen molar-refractivity contribution in [3.63, 3.8) is 0 Å². The van der Waals surface area contributed by atoms with Gasteiger partial charge in [-0.3, -0.25) is 0 Å². The average Bonchev–Trinajstić information content (AvgIpc) is 2.85. The molecule has 0 radical (unpaired) electrons. The standard InChI is InChI=1S/C17H28N2O2/c1-4-13-9-10-19(12-13)15-8-6-5-7-14(15)11-17(2,3)21-16(18)20/h9-10,12,14-15H,4-8,11H2,1-3H3,(H2,18,20). The Labute approximate surface area is 127 Å². The number of nitrogens with two attached hydrogens (primary N) is 1. The first-order valence-electron chi connectivity index (χ1n) is 8.06. The third kappa shape index (κ3) is 4.26. The van der Waals surface area contributed by atoms with E-state index in [1.165, 1.54) is 31.2 Å². The summed E-state index contributed by atoms with van der Waals surface area (Å²) in [5, 5.41) is 0. The maximum Gasteiger partial charge on any atom is 0.405 e.